The van der Waals surface area contributed by atoms with E-state index in [1.165, 1.54) is 11.3 Å². The van der Waals surface area contributed by atoms with Crippen LogP contribution in [0.1, 0.15) is 5.56 Å². The van der Waals surface area contributed by atoms with Gasteiger partial charge in [0.1, 0.15) is 10.8 Å². The normalized spacial score (nSPS) is 11.9. The van der Waals surface area contributed by atoms with E-state index < -0.39 is 11.3 Å². The zero-order valence-corrected chi connectivity index (χ0v) is 15.7. The van der Waals surface area contributed by atoms with E-state index in [1.54, 1.807) is 19.2 Å². The van der Waals surface area contributed by atoms with Crippen molar-refractivity contribution in [3.63, 3.8) is 0 Å². The number of rotatable bonds is 7. The third-order valence-corrected chi connectivity index (χ3v) is 5.04. The molecule has 1 unspecified atom stereocenters. The first kappa shape index (κ1) is 17.7. The third-order valence-electron chi connectivity index (χ3n) is 3.16. The number of methoxy groups -OCH3 is 1. The molecule has 0 fully saturated rings. The van der Waals surface area contributed by atoms with E-state index in [9.17, 15) is 4.21 Å². The average molecular weight is 394 g/mol. The lowest BCUT2D eigenvalue weighted by molar-refractivity contribution is 0.185. The summed E-state index contributed by atoms with van der Waals surface area (Å²) in [4.78, 5) is 0. The van der Waals surface area contributed by atoms with Crippen LogP contribution in [0.2, 0.25) is 0 Å². The Morgan fingerprint density at radius 2 is 2.08 bits per heavy atom. The number of hydrogen-bond acceptors (Lipinski definition) is 6. The summed E-state index contributed by atoms with van der Waals surface area (Å²) in [5.74, 6) is 0.473. The van der Waals surface area contributed by atoms with Gasteiger partial charge in [-0.05, 0) is 42.0 Å². The van der Waals surface area contributed by atoms with Crippen molar-refractivity contribution >= 4 is 40.5 Å². The zero-order valence-electron chi connectivity index (χ0n) is 13.2. The lowest BCUT2D eigenvalue weighted by Gasteiger charge is -2.08. The Hall–Kier alpha value is -2.07. The molecule has 0 aliphatic carbocycles. The van der Waals surface area contributed by atoms with E-state index >= 15 is 0 Å². The van der Waals surface area contributed by atoms with Crippen molar-refractivity contribution < 1.29 is 13.1 Å². The molecular weight excluding hydrogens is 378 g/mol. The molecule has 0 saturated carbocycles. The molecule has 0 saturated heterocycles. The second-order valence-electron chi connectivity index (χ2n) is 5.00. The highest BCUT2D eigenvalue weighted by Crippen LogP contribution is 2.26. The minimum absolute atomic E-state index is 0.473. The van der Waals surface area contributed by atoms with Gasteiger partial charge >= 0.3 is 11.3 Å². The van der Waals surface area contributed by atoms with E-state index in [2.05, 4.69) is 14.9 Å². The molecule has 3 rings (SSSR count). The molecule has 130 valence electrons. The Morgan fingerprint density at radius 3 is 2.76 bits per heavy atom. The molecular formula is C16H15N3O3S3. The molecule has 1 heterocycles. The summed E-state index contributed by atoms with van der Waals surface area (Å²) in [5.41, 5.74) is 2.57. The van der Waals surface area contributed by atoms with Crippen molar-refractivity contribution in [1.29, 1.82) is 0 Å². The fourth-order valence-corrected chi connectivity index (χ4v) is 3.61. The number of nitrogens with one attached hydrogen (secondary N) is 2. The Kier molecular flexibility index (Phi) is 5.92. The molecule has 0 aliphatic rings. The Morgan fingerprint density at radius 1 is 1.28 bits per heavy atom. The van der Waals surface area contributed by atoms with Crippen LogP contribution in [0.3, 0.4) is 0 Å². The number of aromatic nitrogens is 2. The standard InChI is InChI=1S/C16H15N3O3S3/c1-21-10-11-5-7-13(8-6-11)19-25(20)22-14-4-2-3-12(9-14)15-17-18-16(23)24-15/h2-9,19H,10H2,1H3,(H,18,23). The van der Waals surface area contributed by atoms with Gasteiger partial charge in [0.15, 0.2) is 3.95 Å². The molecule has 9 heteroatoms. The maximum atomic E-state index is 12.2. The lowest BCUT2D eigenvalue weighted by atomic mass is 10.2. The van der Waals surface area contributed by atoms with Crippen LogP contribution in [0.4, 0.5) is 5.69 Å². The van der Waals surface area contributed by atoms with E-state index in [4.69, 9.17) is 21.1 Å². The summed E-state index contributed by atoms with van der Waals surface area (Å²) in [7, 11) is 1.64. The van der Waals surface area contributed by atoms with Crippen LogP contribution in [0.5, 0.6) is 5.75 Å². The molecule has 0 aliphatic heterocycles. The predicted molar refractivity (Wildman–Crippen MR) is 102 cm³/mol. The number of hydrogen-bond donors (Lipinski definition) is 2. The summed E-state index contributed by atoms with van der Waals surface area (Å²) in [6, 6.07) is 14.6. The smallest absolute Gasteiger partial charge is 0.316 e. The van der Waals surface area contributed by atoms with Crippen molar-refractivity contribution in [2.75, 3.05) is 11.8 Å². The zero-order chi connectivity index (χ0) is 17.6. The third kappa shape index (κ3) is 4.95. The summed E-state index contributed by atoms with van der Waals surface area (Å²) < 4.78 is 26.1. The fourth-order valence-electron chi connectivity index (χ4n) is 2.07. The van der Waals surface area contributed by atoms with Gasteiger partial charge in [-0.3, -0.25) is 9.82 Å². The number of anilines is 1. The topological polar surface area (TPSA) is 76.2 Å². The van der Waals surface area contributed by atoms with E-state index in [-0.39, 0.29) is 0 Å². The number of ether oxygens (including phenoxy) is 1. The van der Waals surface area contributed by atoms with Gasteiger partial charge in [0.2, 0.25) is 0 Å². The fraction of sp³-hybridized carbons (Fsp3) is 0.125. The predicted octanol–water partition coefficient (Wildman–Crippen LogP) is 4.08. The summed E-state index contributed by atoms with van der Waals surface area (Å²) in [5, 5.41) is 7.62. The molecule has 3 aromatic rings. The van der Waals surface area contributed by atoms with Crippen molar-refractivity contribution in [2.24, 2.45) is 0 Å². The molecule has 25 heavy (non-hydrogen) atoms. The van der Waals surface area contributed by atoms with Crippen molar-refractivity contribution in [1.82, 2.24) is 10.2 Å². The molecule has 2 N–H and O–H groups in total. The second-order valence-corrected chi connectivity index (χ2v) is 7.50. The summed E-state index contributed by atoms with van der Waals surface area (Å²) in [6.45, 7) is 0.535. The van der Waals surface area contributed by atoms with E-state index in [0.29, 0.717) is 22.0 Å². The van der Waals surface area contributed by atoms with Crippen molar-refractivity contribution in [3.8, 4) is 16.3 Å². The highest BCUT2D eigenvalue weighted by molar-refractivity contribution is 7.82. The number of benzene rings is 2. The maximum Gasteiger partial charge on any atom is 0.316 e. The van der Waals surface area contributed by atoms with Crippen molar-refractivity contribution in [2.45, 2.75) is 6.61 Å². The second kappa shape index (κ2) is 8.34. The first-order valence-electron chi connectivity index (χ1n) is 7.24. The highest BCUT2D eigenvalue weighted by Gasteiger charge is 2.07. The van der Waals surface area contributed by atoms with Crippen LogP contribution < -0.4 is 8.91 Å². The van der Waals surface area contributed by atoms with Gasteiger partial charge in [-0.2, -0.15) is 9.31 Å². The first-order valence-corrected chi connectivity index (χ1v) is 9.54. The molecule has 0 spiro atoms. The monoisotopic (exact) mass is 393 g/mol. The Bertz CT molecular complexity index is 922. The van der Waals surface area contributed by atoms with Gasteiger partial charge in [-0.1, -0.05) is 35.6 Å². The summed E-state index contributed by atoms with van der Waals surface area (Å²) >= 11 is 4.69. The number of H-pyrrole nitrogens is 1. The van der Waals surface area contributed by atoms with E-state index in [0.717, 1.165) is 16.1 Å². The SMILES string of the molecule is COCc1ccc(NS(=O)Oc2cccc(-c3n[nH]c(=S)s3)c2)cc1. The molecule has 6 nitrogen and oxygen atoms in total. The quantitative estimate of drug-likeness (QED) is 0.592. The molecule has 0 bridgehead atoms. The minimum Gasteiger partial charge on any atom is -0.385 e. The van der Waals surface area contributed by atoms with Crippen LogP contribution in [0.25, 0.3) is 10.6 Å². The lowest BCUT2D eigenvalue weighted by Crippen LogP contribution is -2.11. The Labute approximate surface area is 156 Å². The van der Waals surface area contributed by atoms with Gasteiger partial charge in [0.05, 0.1) is 6.61 Å². The first-order chi connectivity index (χ1) is 12.1. The summed E-state index contributed by atoms with van der Waals surface area (Å²) in [6.07, 6.45) is 0. The van der Waals surface area contributed by atoms with Crippen LogP contribution >= 0.6 is 23.6 Å². The van der Waals surface area contributed by atoms with Gasteiger partial charge in [0, 0.05) is 18.4 Å². The largest absolute Gasteiger partial charge is 0.385 e. The molecule has 2 aromatic carbocycles. The van der Waals surface area contributed by atoms with Crippen LogP contribution in [0.15, 0.2) is 48.5 Å². The Balaban J connectivity index is 1.65. The van der Waals surface area contributed by atoms with Gasteiger partial charge in [-0.15, -0.1) is 0 Å². The minimum atomic E-state index is -1.72. The van der Waals surface area contributed by atoms with Gasteiger partial charge in [-0.25, -0.2) is 0 Å². The van der Waals surface area contributed by atoms with Crippen LogP contribution in [-0.4, -0.2) is 21.5 Å². The molecule has 0 radical (unpaired) electrons. The molecule has 0 amide bonds. The van der Waals surface area contributed by atoms with Crippen molar-refractivity contribution in [3.05, 3.63) is 58.0 Å². The molecule has 1 atom stereocenters. The van der Waals surface area contributed by atoms with E-state index in [1.807, 2.05) is 36.4 Å². The molecule has 1 aromatic heterocycles. The van der Waals surface area contributed by atoms with Crippen LogP contribution in [0, 0.1) is 3.95 Å². The number of aromatic amines is 1. The maximum absolute atomic E-state index is 12.2. The van der Waals surface area contributed by atoms with Gasteiger partial charge in [0.25, 0.3) is 0 Å². The number of nitrogens with zero attached hydrogens (tertiary/aromatic N) is 1. The highest BCUT2D eigenvalue weighted by atomic mass is 32.2. The van der Waals surface area contributed by atoms with Crippen LogP contribution in [-0.2, 0) is 22.6 Å². The van der Waals surface area contributed by atoms with Gasteiger partial charge < -0.3 is 8.92 Å². The average Bonchev–Trinajstić information content (AvgIpc) is 3.04.